The predicted molar refractivity (Wildman–Crippen MR) is 120 cm³/mol. The van der Waals surface area contributed by atoms with Crippen molar-refractivity contribution in [2.45, 2.75) is 18.8 Å². The summed E-state index contributed by atoms with van der Waals surface area (Å²) in [5.41, 5.74) is 3.22. The van der Waals surface area contributed by atoms with Gasteiger partial charge in [-0.15, -0.1) is 0 Å². The van der Waals surface area contributed by atoms with Gasteiger partial charge in [0.25, 0.3) is 5.91 Å². The molecule has 2 heterocycles. The Morgan fingerprint density at radius 2 is 1.87 bits per heavy atom. The van der Waals surface area contributed by atoms with E-state index in [4.69, 9.17) is 4.98 Å². The first-order chi connectivity index (χ1) is 15.1. The predicted octanol–water partition coefficient (Wildman–Crippen LogP) is 2.86. The third kappa shape index (κ3) is 4.59. The number of hydrogen-bond acceptors (Lipinski definition) is 4. The molecule has 6 nitrogen and oxygen atoms in total. The van der Waals surface area contributed by atoms with Crippen LogP contribution in [0.25, 0.3) is 10.9 Å². The largest absolute Gasteiger partial charge is 0.395 e. The van der Waals surface area contributed by atoms with E-state index in [0.29, 0.717) is 25.1 Å². The number of likely N-dealkylation sites (tertiary alicyclic amines) is 1. The van der Waals surface area contributed by atoms with Crippen LogP contribution >= 0.6 is 0 Å². The van der Waals surface area contributed by atoms with E-state index in [9.17, 15) is 14.7 Å². The van der Waals surface area contributed by atoms with E-state index in [1.165, 1.54) is 4.90 Å². The van der Waals surface area contributed by atoms with Crippen molar-refractivity contribution >= 4 is 22.7 Å². The summed E-state index contributed by atoms with van der Waals surface area (Å²) in [6.45, 7) is 1.49. The van der Waals surface area contributed by atoms with E-state index in [2.05, 4.69) is 0 Å². The lowest BCUT2D eigenvalue weighted by Gasteiger charge is -2.19. The molecule has 31 heavy (non-hydrogen) atoms. The highest BCUT2D eigenvalue weighted by atomic mass is 16.3. The van der Waals surface area contributed by atoms with Crippen LogP contribution in [0.4, 0.5) is 0 Å². The van der Waals surface area contributed by atoms with E-state index in [-0.39, 0.29) is 30.9 Å². The normalized spacial score (nSPS) is 15.9. The molecular formula is C25H27N3O3. The zero-order chi connectivity index (χ0) is 21.8. The van der Waals surface area contributed by atoms with Crippen LogP contribution in [0, 0.1) is 0 Å². The number of pyridine rings is 1. The molecule has 0 saturated carbocycles. The Labute approximate surface area is 182 Å². The van der Waals surface area contributed by atoms with Crippen LogP contribution in [0.1, 0.15) is 34.0 Å². The second-order valence-electron chi connectivity index (χ2n) is 8.05. The quantitative estimate of drug-likeness (QED) is 0.669. The molecule has 1 unspecified atom stereocenters. The van der Waals surface area contributed by atoms with Gasteiger partial charge in [0.15, 0.2) is 0 Å². The standard InChI is InChI=1S/C25H27N3O3/c1-27(13-14-29)25(31)21-16-23(26-22-10-6-5-9-20(21)22)19-11-12-28(17-19)24(30)15-18-7-3-2-4-8-18/h2-10,16,19,29H,11-15,17H2,1H3. The molecule has 1 N–H and O–H groups in total. The fourth-order valence-corrected chi connectivity index (χ4v) is 4.15. The average molecular weight is 418 g/mol. The summed E-state index contributed by atoms with van der Waals surface area (Å²) in [5, 5.41) is 10.0. The molecule has 1 saturated heterocycles. The average Bonchev–Trinajstić information content (AvgIpc) is 3.29. The number of aromatic nitrogens is 1. The Kier molecular flexibility index (Phi) is 6.28. The number of rotatable bonds is 6. The van der Waals surface area contributed by atoms with Crippen molar-refractivity contribution in [1.82, 2.24) is 14.8 Å². The first kappa shape index (κ1) is 21.0. The molecule has 0 bridgehead atoms. The molecule has 3 aromatic rings. The van der Waals surface area contributed by atoms with E-state index in [1.54, 1.807) is 7.05 Å². The first-order valence-electron chi connectivity index (χ1n) is 10.6. The monoisotopic (exact) mass is 417 g/mol. The molecule has 1 aliphatic rings. The van der Waals surface area contributed by atoms with Gasteiger partial charge in [-0.2, -0.15) is 0 Å². The number of aliphatic hydroxyl groups excluding tert-OH is 1. The van der Waals surface area contributed by atoms with Crippen LogP contribution in [0.2, 0.25) is 0 Å². The number of likely N-dealkylation sites (N-methyl/N-ethyl adjacent to an activating group) is 1. The second kappa shape index (κ2) is 9.27. The lowest BCUT2D eigenvalue weighted by Crippen LogP contribution is -2.30. The van der Waals surface area contributed by atoms with Gasteiger partial charge in [-0.3, -0.25) is 14.6 Å². The van der Waals surface area contributed by atoms with Crippen LogP contribution in [0.3, 0.4) is 0 Å². The zero-order valence-corrected chi connectivity index (χ0v) is 17.7. The maximum absolute atomic E-state index is 13.0. The van der Waals surface area contributed by atoms with E-state index >= 15 is 0 Å². The van der Waals surface area contributed by atoms with Crippen LogP contribution < -0.4 is 0 Å². The van der Waals surface area contributed by atoms with Crippen LogP contribution in [-0.4, -0.2) is 65.0 Å². The number of benzene rings is 2. The smallest absolute Gasteiger partial charge is 0.254 e. The van der Waals surface area contributed by atoms with Gasteiger partial charge in [-0.25, -0.2) is 0 Å². The van der Waals surface area contributed by atoms with Gasteiger partial charge in [0.05, 0.1) is 24.1 Å². The molecule has 1 aliphatic heterocycles. The molecule has 4 rings (SSSR count). The Morgan fingerprint density at radius 1 is 1.13 bits per heavy atom. The molecule has 2 amide bonds. The molecule has 0 spiro atoms. The van der Waals surface area contributed by atoms with Crippen molar-refractivity contribution in [1.29, 1.82) is 0 Å². The SMILES string of the molecule is CN(CCO)C(=O)c1cc(C2CCN(C(=O)Cc3ccccc3)C2)nc2ccccc12. The zero-order valence-electron chi connectivity index (χ0n) is 17.7. The van der Waals surface area contributed by atoms with Crippen molar-refractivity contribution in [2.24, 2.45) is 0 Å². The molecule has 160 valence electrons. The molecule has 0 aliphatic carbocycles. The summed E-state index contributed by atoms with van der Waals surface area (Å²) in [7, 11) is 1.69. The van der Waals surface area contributed by atoms with Gasteiger partial charge in [0.2, 0.25) is 5.91 Å². The van der Waals surface area contributed by atoms with Crippen LogP contribution in [0.15, 0.2) is 60.7 Å². The summed E-state index contributed by atoms with van der Waals surface area (Å²) >= 11 is 0. The highest BCUT2D eigenvalue weighted by Gasteiger charge is 2.29. The van der Waals surface area contributed by atoms with E-state index in [1.807, 2.05) is 65.6 Å². The van der Waals surface area contributed by atoms with Crippen molar-refractivity contribution in [3.05, 3.63) is 77.5 Å². The van der Waals surface area contributed by atoms with E-state index in [0.717, 1.165) is 28.6 Å². The second-order valence-corrected chi connectivity index (χ2v) is 8.05. The molecule has 2 aromatic carbocycles. The molecule has 0 radical (unpaired) electrons. The van der Waals surface area contributed by atoms with Crippen molar-refractivity contribution in [3.63, 3.8) is 0 Å². The topological polar surface area (TPSA) is 73.7 Å². The highest BCUT2D eigenvalue weighted by molar-refractivity contribution is 6.06. The Balaban J connectivity index is 1.57. The Hall–Kier alpha value is -3.25. The minimum atomic E-state index is -0.135. The fraction of sp³-hybridized carbons (Fsp3) is 0.320. The van der Waals surface area contributed by atoms with Gasteiger partial charge < -0.3 is 14.9 Å². The fourth-order valence-electron chi connectivity index (χ4n) is 4.15. The summed E-state index contributed by atoms with van der Waals surface area (Å²) < 4.78 is 0. The Morgan fingerprint density at radius 3 is 2.65 bits per heavy atom. The third-order valence-corrected chi connectivity index (χ3v) is 5.91. The third-order valence-electron chi connectivity index (χ3n) is 5.91. The highest BCUT2D eigenvalue weighted by Crippen LogP contribution is 2.30. The number of hydrogen-bond donors (Lipinski definition) is 1. The first-order valence-corrected chi connectivity index (χ1v) is 10.6. The maximum Gasteiger partial charge on any atom is 0.254 e. The number of fused-ring (bicyclic) bond motifs is 1. The van der Waals surface area contributed by atoms with Crippen molar-refractivity contribution in [2.75, 3.05) is 33.3 Å². The lowest BCUT2D eigenvalue weighted by atomic mass is 9.99. The van der Waals surface area contributed by atoms with Crippen molar-refractivity contribution < 1.29 is 14.7 Å². The van der Waals surface area contributed by atoms with Gasteiger partial charge in [0, 0.05) is 43.7 Å². The molecule has 6 heteroatoms. The van der Waals surface area contributed by atoms with E-state index < -0.39 is 0 Å². The maximum atomic E-state index is 13.0. The summed E-state index contributed by atoms with van der Waals surface area (Å²) in [6.07, 6.45) is 1.22. The summed E-state index contributed by atoms with van der Waals surface area (Å²) in [5.74, 6) is 0.0800. The number of nitrogens with zero attached hydrogens (tertiary/aromatic N) is 3. The molecule has 1 fully saturated rings. The molecule has 1 atom stereocenters. The number of aliphatic hydroxyl groups is 1. The number of carbonyl (C=O) groups excluding carboxylic acids is 2. The number of carbonyl (C=O) groups is 2. The van der Waals surface area contributed by atoms with Gasteiger partial charge in [0.1, 0.15) is 0 Å². The summed E-state index contributed by atoms with van der Waals surface area (Å²) in [6, 6.07) is 19.3. The summed E-state index contributed by atoms with van der Waals surface area (Å²) in [4.78, 5) is 34.0. The lowest BCUT2D eigenvalue weighted by molar-refractivity contribution is -0.129. The number of para-hydroxylation sites is 1. The molecular weight excluding hydrogens is 390 g/mol. The van der Waals surface area contributed by atoms with Gasteiger partial charge in [-0.1, -0.05) is 48.5 Å². The minimum Gasteiger partial charge on any atom is -0.395 e. The van der Waals surface area contributed by atoms with Crippen LogP contribution in [-0.2, 0) is 11.2 Å². The molecule has 1 aromatic heterocycles. The minimum absolute atomic E-state index is 0.0841. The van der Waals surface area contributed by atoms with Gasteiger partial charge in [-0.05, 0) is 24.1 Å². The number of amides is 2. The van der Waals surface area contributed by atoms with Crippen molar-refractivity contribution in [3.8, 4) is 0 Å². The van der Waals surface area contributed by atoms with Crippen LogP contribution in [0.5, 0.6) is 0 Å². The van der Waals surface area contributed by atoms with Gasteiger partial charge >= 0.3 is 0 Å². The Bertz CT molecular complexity index is 1080.